The Kier molecular flexibility index (Phi) is 4.40. The fourth-order valence-electron chi connectivity index (χ4n) is 4.30. The van der Waals surface area contributed by atoms with Crippen LogP contribution in [-0.2, 0) is 11.2 Å². The highest BCUT2D eigenvalue weighted by molar-refractivity contribution is 6.31. The van der Waals surface area contributed by atoms with Crippen molar-refractivity contribution in [1.29, 1.82) is 0 Å². The van der Waals surface area contributed by atoms with Crippen LogP contribution < -0.4 is 10.9 Å². The van der Waals surface area contributed by atoms with Gasteiger partial charge in [-0.1, -0.05) is 43.6 Å². The molecule has 4 aromatic rings. The fraction of sp³-hybridized carbons (Fsp3) is 0.261. The topological polar surface area (TPSA) is 79.8 Å². The van der Waals surface area contributed by atoms with Crippen LogP contribution in [0.3, 0.4) is 0 Å². The number of aromatic nitrogens is 3. The van der Waals surface area contributed by atoms with Crippen molar-refractivity contribution in [1.82, 2.24) is 19.9 Å². The molecule has 30 heavy (non-hydrogen) atoms. The third kappa shape index (κ3) is 2.91. The molecule has 6 nitrogen and oxygen atoms in total. The fourth-order valence-corrected chi connectivity index (χ4v) is 4.47. The Hall–Kier alpha value is -3.12. The Bertz CT molecular complexity index is 1350. The number of hydrogen-bond acceptors (Lipinski definition) is 3. The molecule has 1 amide bonds. The van der Waals surface area contributed by atoms with E-state index in [2.05, 4.69) is 10.3 Å². The maximum atomic E-state index is 13.5. The van der Waals surface area contributed by atoms with Crippen molar-refractivity contribution >= 4 is 39.3 Å². The monoisotopic (exact) mass is 420 g/mol. The second kappa shape index (κ2) is 6.99. The maximum Gasteiger partial charge on any atom is 0.262 e. The highest BCUT2D eigenvalue weighted by Crippen LogP contribution is 2.31. The van der Waals surface area contributed by atoms with E-state index in [1.54, 1.807) is 22.8 Å². The summed E-state index contributed by atoms with van der Waals surface area (Å²) in [5, 5.41) is 5.02. The molecule has 2 aromatic carbocycles. The summed E-state index contributed by atoms with van der Waals surface area (Å²) in [6.07, 6.45) is 2.30. The number of hydrogen-bond donors (Lipinski definition) is 2. The van der Waals surface area contributed by atoms with E-state index < -0.39 is 6.04 Å². The predicted octanol–water partition coefficient (Wildman–Crippen LogP) is 4.14. The number of H-pyrrole nitrogens is 1. The van der Waals surface area contributed by atoms with Gasteiger partial charge < -0.3 is 10.3 Å². The van der Waals surface area contributed by atoms with Gasteiger partial charge in [0, 0.05) is 28.5 Å². The first kappa shape index (κ1) is 18.9. The van der Waals surface area contributed by atoms with Gasteiger partial charge in [-0.15, -0.1) is 0 Å². The van der Waals surface area contributed by atoms with Crippen molar-refractivity contribution < 1.29 is 4.79 Å². The van der Waals surface area contributed by atoms with Gasteiger partial charge in [-0.3, -0.25) is 14.2 Å². The van der Waals surface area contributed by atoms with Crippen molar-refractivity contribution in [2.24, 2.45) is 5.92 Å². The molecule has 2 unspecified atom stereocenters. The predicted molar refractivity (Wildman–Crippen MR) is 118 cm³/mol. The maximum absolute atomic E-state index is 13.5. The summed E-state index contributed by atoms with van der Waals surface area (Å²) in [5.74, 6) is 0.511. The van der Waals surface area contributed by atoms with Gasteiger partial charge in [-0.2, -0.15) is 0 Å². The molecule has 0 bridgehead atoms. The molecule has 1 aliphatic rings. The summed E-state index contributed by atoms with van der Waals surface area (Å²) in [6.45, 7) is 4.01. The van der Waals surface area contributed by atoms with Crippen LogP contribution in [0.5, 0.6) is 0 Å². The molecule has 152 valence electrons. The molecule has 0 fully saturated rings. The summed E-state index contributed by atoms with van der Waals surface area (Å²) in [5.41, 5.74) is 2.34. The number of fused-ring (bicyclic) bond motifs is 3. The highest BCUT2D eigenvalue weighted by atomic mass is 35.5. The first-order valence-corrected chi connectivity index (χ1v) is 10.4. The third-order valence-corrected chi connectivity index (χ3v) is 6.07. The van der Waals surface area contributed by atoms with Crippen molar-refractivity contribution in [2.75, 3.05) is 0 Å². The Balaban J connectivity index is 1.72. The number of amides is 1. The zero-order valence-corrected chi connectivity index (χ0v) is 17.4. The summed E-state index contributed by atoms with van der Waals surface area (Å²) in [7, 11) is 0. The molecule has 0 aliphatic carbocycles. The lowest BCUT2D eigenvalue weighted by Gasteiger charge is -2.34. The van der Waals surface area contributed by atoms with Gasteiger partial charge in [0.2, 0.25) is 5.91 Å². The summed E-state index contributed by atoms with van der Waals surface area (Å²) in [6, 6.07) is 12.0. The Morgan fingerprint density at radius 3 is 2.73 bits per heavy atom. The number of benzene rings is 2. The van der Waals surface area contributed by atoms with Gasteiger partial charge in [0.1, 0.15) is 11.9 Å². The van der Waals surface area contributed by atoms with Crippen LogP contribution in [0.4, 0.5) is 0 Å². The zero-order chi connectivity index (χ0) is 21.0. The number of carbonyl (C=O) groups excluding carboxylic acids is 1. The van der Waals surface area contributed by atoms with E-state index in [0.29, 0.717) is 28.2 Å². The Labute approximate surface area is 177 Å². The number of nitrogens with one attached hydrogen (secondary N) is 2. The van der Waals surface area contributed by atoms with Crippen LogP contribution in [0.2, 0.25) is 5.02 Å². The summed E-state index contributed by atoms with van der Waals surface area (Å²) >= 11 is 6.14. The Morgan fingerprint density at radius 1 is 1.13 bits per heavy atom. The van der Waals surface area contributed by atoms with Crippen LogP contribution in [-0.4, -0.2) is 20.4 Å². The number of carbonyl (C=O) groups is 1. The number of aromatic amines is 1. The van der Waals surface area contributed by atoms with E-state index in [-0.39, 0.29) is 23.4 Å². The first-order valence-electron chi connectivity index (χ1n) is 10.0. The minimum absolute atomic E-state index is 0.0888. The molecule has 0 spiro atoms. The minimum atomic E-state index is -0.683. The standard InChI is InChI=1S/C23H21ClN4O2/c1-12(2)20-21-26-18-8-7-14(24)10-16(18)23(30)28(21)19(22(29)27-20)9-13-11-25-17-6-4-3-5-15(13)17/h3-8,10-12,19-20,25H,9H2,1-2H3,(H,27,29). The highest BCUT2D eigenvalue weighted by Gasteiger charge is 2.37. The summed E-state index contributed by atoms with van der Waals surface area (Å²) in [4.78, 5) is 34.7. The van der Waals surface area contributed by atoms with Gasteiger partial charge in [0.25, 0.3) is 5.56 Å². The molecule has 0 saturated carbocycles. The van der Waals surface area contributed by atoms with Crippen LogP contribution in [0, 0.1) is 5.92 Å². The zero-order valence-electron chi connectivity index (χ0n) is 16.6. The van der Waals surface area contributed by atoms with E-state index in [1.807, 2.05) is 44.3 Å². The normalized spacial score (nSPS) is 18.7. The summed E-state index contributed by atoms with van der Waals surface area (Å²) < 4.78 is 1.57. The second-order valence-electron chi connectivity index (χ2n) is 8.12. The van der Waals surface area contributed by atoms with Crippen molar-refractivity contribution in [2.45, 2.75) is 32.4 Å². The van der Waals surface area contributed by atoms with E-state index >= 15 is 0 Å². The Morgan fingerprint density at radius 2 is 1.93 bits per heavy atom. The minimum Gasteiger partial charge on any atom is -0.361 e. The van der Waals surface area contributed by atoms with Gasteiger partial charge in [-0.05, 0) is 35.7 Å². The molecule has 2 aromatic heterocycles. The van der Waals surface area contributed by atoms with Crippen molar-refractivity contribution in [3.63, 3.8) is 0 Å². The van der Waals surface area contributed by atoms with Gasteiger partial charge >= 0.3 is 0 Å². The van der Waals surface area contributed by atoms with Crippen LogP contribution in [0.1, 0.15) is 37.3 Å². The molecule has 0 saturated heterocycles. The molecule has 5 rings (SSSR count). The van der Waals surface area contributed by atoms with Crippen molar-refractivity contribution in [3.8, 4) is 0 Å². The molecule has 0 radical (unpaired) electrons. The van der Waals surface area contributed by atoms with Gasteiger partial charge in [0.05, 0.1) is 16.9 Å². The number of para-hydroxylation sites is 1. The third-order valence-electron chi connectivity index (χ3n) is 5.83. The van der Waals surface area contributed by atoms with E-state index in [9.17, 15) is 9.59 Å². The number of nitrogens with zero attached hydrogens (tertiary/aromatic N) is 2. The van der Waals surface area contributed by atoms with Gasteiger partial charge in [0.15, 0.2) is 0 Å². The smallest absolute Gasteiger partial charge is 0.262 e. The first-order chi connectivity index (χ1) is 14.4. The number of halogens is 1. The molecular weight excluding hydrogens is 400 g/mol. The SMILES string of the molecule is CC(C)C1NC(=O)C(Cc2c[nH]c3ccccc23)n2c1nc1ccc(Cl)cc1c2=O. The lowest BCUT2D eigenvalue weighted by atomic mass is 9.96. The second-order valence-corrected chi connectivity index (χ2v) is 8.55. The number of rotatable bonds is 3. The van der Waals surface area contributed by atoms with Gasteiger partial charge in [-0.25, -0.2) is 4.98 Å². The molecule has 3 heterocycles. The molecular formula is C23H21ClN4O2. The average Bonchev–Trinajstić information content (AvgIpc) is 3.13. The molecule has 2 atom stereocenters. The molecule has 7 heteroatoms. The van der Waals surface area contributed by atoms with Crippen LogP contribution in [0.25, 0.3) is 21.8 Å². The lowest BCUT2D eigenvalue weighted by Crippen LogP contribution is -2.49. The largest absolute Gasteiger partial charge is 0.361 e. The van der Waals surface area contributed by atoms with E-state index in [4.69, 9.17) is 16.6 Å². The van der Waals surface area contributed by atoms with Crippen LogP contribution in [0.15, 0.2) is 53.5 Å². The molecule has 2 N–H and O–H groups in total. The van der Waals surface area contributed by atoms with Crippen molar-refractivity contribution in [3.05, 3.63) is 75.4 Å². The average molecular weight is 421 g/mol. The van der Waals surface area contributed by atoms with Crippen LogP contribution >= 0.6 is 11.6 Å². The quantitative estimate of drug-likeness (QED) is 0.522. The van der Waals surface area contributed by atoms with E-state index in [1.165, 1.54) is 0 Å². The lowest BCUT2D eigenvalue weighted by molar-refractivity contribution is -0.127. The molecule has 1 aliphatic heterocycles. The van der Waals surface area contributed by atoms with E-state index in [0.717, 1.165) is 16.5 Å².